The topological polar surface area (TPSA) is 87.3 Å². The molecule has 0 bridgehead atoms. The smallest absolute Gasteiger partial charge is 0.253 e. The van der Waals surface area contributed by atoms with Gasteiger partial charge in [-0.3, -0.25) is 14.4 Å². The second-order valence-electron chi connectivity index (χ2n) is 7.71. The van der Waals surface area contributed by atoms with E-state index < -0.39 is 17.9 Å². The summed E-state index contributed by atoms with van der Waals surface area (Å²) in [7, 11) is 0. The Morgan fingerprint density at radius 2 is 1.60 bits per heavy atom. The zero-order valence-corrected chi connectivity index (χ0v) is 18.7. The van der Waals surface area contributed by atoms with Gasteiger partial charge in [-0.1, -0.05) is 55.3 Å². The second-order valence-corrected chi connectivity index (χ2v) is 8.12. The number of carbonyl (C=O) groups is 3. The summed E-state index contributed by atoms with van der Waals surface area (Å²) in [6.07, 6.45) is 0. The SMILES string of the molecule is Cc1cc(C)c(NC(=O)CNC(=O)C(NC(=O)c2ccccc2Cl)C(C)C)c(C)c1. The molecule has 0 aliphatic heterocycles. The standard InChI is InChI=1S/C23H28ClN3O3/c1-13(2)20(27-22(29)17-8-6-7-9-18(17)24)23(30)25-12-19(28)26-21-15(4)10-14(3)11-16(21)5/h6-11,13,20H,12H2,1-5H3,(H,25,30)(H,26,28)(H,27,29). The van der Waals surface area contributed by atoms with Gasteiger partial charge in [0.1, 0.15) is 6.04 Å². The fourth-order valence-corrected chi connectivity index (χ4v) is 3.46. The van der Waals surface area contributed by atoms with Gasteiger partial charge in [0.2, 0.25) is 11.8 Å². The monoisotopic (exact) mass is 429 g/mol. The predicted molar refractivity (Wildman–Crippen MR) is 120 cm³/mol. The van der Waals surface area contributed by atoms with Crippen LogP contribution in [0.15, 0.2) is 36.4 Å². The number of rotatable bonds is 7. The lowest BCUT2D eigenvalue weighted by molar-refractivity contribution is -0.126. The van der Waals surface area contributed by atoms with E-state index in [-0.39, 0.29) is 18.4 Å². The van der Waals surface area contributed by atoms with Crippen LogP contribution in [0.1, 0.15) is 40.9 Å². The van der Waals surface area contributed by atoms with Crippen molar-refractivity contribution in [3.8, 4) is 0 Å². The highest BCUT2D eigenvalue weighted by atomic mass is 35.5. The first kappa shape index (κ1) is 23.4. The summed E-state index contributed by atoms with van der Waals surface area (Å²) in [5, 5.41) is 8.46. The molecule has 0 aliphatic carbocycles. The molecule has 1 atom stereocenters. The normalized spacial score (nSPS) is 11.7. The molecule has 0 fully saturated rings. The van der Waals surface area contributed by atoms with Crippen molar-refractivity contribution in [3.63, 3.8) is 0 Å². The van der Waals surface area contributed by atoms with E-state index in [1.807, 2.05) is 46.8 Å². The van der Waals surface area contributed by atoms with Gasteiger partial charge in [-0.25, -0.2) is 0 Å². The maximum atomic E-state index is 12.6. The molecule has 6 nitrogen and oxygen atoms in total. The average Bonchev–Trinajstić information content (AvgIpc) is 2.66. The Morgan fingerprint density at radius 3 is 2.17 bits per heavy atom. The Morgan fingerprint density at radius 1 is 1.00 bits per heavy atom. The molecule has 2 rings (SSSR count). The number of amides is 3. The number of nitrogens with one attached hydrogen (secondary N) is 3. The minimum Gasteiger partial charge on any atom is -0.345 e. The van der Waals surface area contributed by atoms with Crippen LogP contribution in [0.5, 0.6) is 0 Å². The molecular formula is C23H28ClN3O3. The molecule has 2 aromatic rings. The third-order valence-electron chi connectivity index (χ3n) is 4.72. The zero-order valence-electron chi connectivity index (χ0n) is 17.9. The van der Waals surface area contributed by atoms with Crippen LogP contribution in [0.2, 0.25) is 5.02 Å². The summed E-state index contributed by atoms with van der Waals surface area (Å²) in [4.78, 5) is 37.5. The van der Waals surface area contributed by atoms with Crippen LogP contribution < -0.4 is 16.0 Å². The molecule has 0 spiro atoms. The van der Waals surface area contributed by atoms with Gasteiger partial charge in [0, 0.05) is 5.69 Å². The highest BCUT2D eigenvalue weighted by Gasteiger charge is 2.25. The van der Waals surface area contributed by atoms with Crippen LogP contribution in [0.25, 0.3) is 0 Å². The largest absolute Gasteiger partial charge is 0.345 e. The molecule has 3 amide bonds. The summed E-state index contributed by atoms with van der Waals surface area (Å²) in [6, 6.07) is 9.80. The van der Waals surface area contributed by atoms with E-state index in [1.54, 1.807) is 24.3 Å². The molecule has 0 aromatic heterocycles. The summed E-state index contributed by atoms with van der Waals surface area (Å²) >= 11 is 6.06. The van der Waals surface area contributed by atoms with E-state index in [0.717, 1.165) is 22.4 Å². The van der Waals surface area contributed by atoms with Crippen molar-refractivity contribution < 1.29 is 14.4 Å². The number of carbonyl (C=O) groups excluding carboxylic acids is 3. The maximum absolute atomic E-state index is 12.6. The van der Waals surface area contributed by atoms with Gasteiger partial charge in [-0.15, -0.1) is 0 Å². The fraction of sp³-hybridized carbons (Fsp3) is 0.348. The highest BCUT2D eigenvalue weighted by molar-refractivity contribution is 6.33. The Balaban J connectivity index is 1.99. The molecule has 0 radical (unpaired) electrons. The number of anilines is 1. The quantitative estimate of drug-likeness (QED) is 0.626. The van der Waals surface area contributed by atoms with Crippen molar-refractivity contribution in [2.24, 2.45) is 5.92 Å². The first-order valence-corrected chi connectivity index (χ1v) is 10.2. The van der Waals surface area contributed by atoms with Crippen LogP contribution in [-0.2, 0) is 9.59 Å². The molecule has 0 heterocycles. The Labute approximate surface area is 182 Å². The van der Waals surface area contributed by atoms with Gasteiger partial charge in [-0.2, -0.15) is 0 Å². The van der Waals surface area contributed by atoms with E-state index in [2.05, 4.69) is 16.0 Å². The molecule has 1 unspecified atom stereocenters. The van der Waals surface area contributed by atoms with Crippen LogP contribution >= 0.6 is 11.6 Å². The summed E-state index contributed by atoms with van der Waals surface area (Å²) in [5.41, 5.74) is 4.07. The van der Waals surface area contributed by atoms with Crippen molar-refractivity contribution in [2.45, 2.75) is 40.7 Å². The van der Waals surface area contributed by atoms with E-state index in [1.165, 1.54) is 0 Å². The van der Waals surface area contributed by atoms with Crippen molar-refractivity contribution in [1.82, 2.24) is 10.6 Å². The number of hydrogen-bond acceptors (Lipinski definition) is 3. The molecule has 3 N–H and O–H groups in total. The van der Waals surface area contributed by atoms with Crippen LogP contribution in [0, 0.1) is 26.7 Å². The minimum absolute atomic E-state index is 0.180. The van der Waals surface area contributed by atoms with Crippen molar-refractivity contribution in [2.75, 3.05) is 11.9 Å². The Hall–Kier alpha value is -2.86. The third kappa shape index (κ3) is 6.07. The first-order chi connectivity index (χ1) is 14.1. The highest BCUT2D eigenvalue weighted by Crippen LogP contribution is 2.21. The second kappa shape index (κ2) is 10.3. The van der Waals surface area contributed by atoms with Crippen LogP contribution in [0.3, 0.4) is 0 Å². The number of hydrogen-bond donors (Lipinski definition) is 3. The third-order valence-corrected chi connectivity index (χ3v) is 5.05. The average molecular weight is 430 g/mol. The lowest BCUT2D eigenvalue weighted by Gasteiger charge is -2.22. The van der Waals surface area contributed by atoms with Crippen molar-refractivity contribution >= 4 is 35.0 Å². The molecular weight excluding hydrogens is 402 g/mol. The van der Waals surface area contributed by atoms with Crippen LogP contribution in [0.4, 0.5) is 5.69 Å². The molecule has 30 heavy (non-hydrogen) atoms. The molecule has 160 valence electrons. The van der Waals surface area contributed by atoms with Gasteiger partial charge in [0.05, 0.1) is 17.1 Å². The molecule has 0 aliphatic rings. The first-order valence-electron chi connectivity index (χ1n) is 9.81. The fourth-order valence-electron chi connectivity index (χ4n) is 3.24. The zero-order chi connectivity index (χ0) is 22.4. The summed E-state index contributed by atoms with van der Waals surface area (Å²) in [5.74, 6) is -1.39. The van der Waals surface area contributed by atoms with Crippen molar-refractivity contribution in [3.05, 3.63) is 63.7 Å². The molecule has 0 saturated heterocycles. The Bertz CT molecular complexity index is 933. The number of aryl methyl sites for hydroxylation is 3. The Kier molecular flexibility index (Phi) is 8.00. The van der Waals surface area contributed by atoms with E-state index >= 15 is 0 Å². The van der Waals surface area contributed by atoms with Crippen LogP contribution in [-0.4, -0.2) is 30.3 Å². The van der Waals surface area contributed by atoms with Gasteiger partial charge >= 0.3 is 0 Å². The maximum Gasteiger partial charge on any atom is 0.253 e. The van der Waals surface area contributed by atoms with Gasteiger partial charge in [0.25, 0.3) is 5.91 Å². The van der Waals surface area contributed by atoms with Crippen molar-refractivity contribution in [1.29, 1.82) is 0 Å². The number of benzene rings is 2. The summed E-state index contributed by atoms with van der Waals surface area (Å²) in [6.45, 7) is 9.28. The predicted octanol–water partition coefficient (Wildman–Crippen LogP) is 3.77. The van der Waals surface area contributed by atoms with E-state index in [0.29, 0.717) is 10.6 Å². The van der Waals surface area contributed by atoms with Gasteiger partial charge in [0.15, 0.2) is 0 Å². The number of halogens is 1. The minimum atomic E-state index is -0.801. The van der Waals surface area contributed by atoms with Gasteiger partial charge in [-0.05, 0) is 49.9 Å². The van der Waals surface area contributed by atoms with Gasteiger partial charge < -0.3 is 16.0 Å². The molecule has 7 heteroatoms. The van der Waals surface area contributed by atoms with E-state index in [9.17, 15) is 14.4 Å². The van der Waals surface area contributed by atoms with E-state index in [4.69, 9.17) is 11.6 Å². The molecule has 2 aromatic carbocycles. The molecule has 0 saturated carbocycles. The lowest BCUT2D eigenvalue weighted by Crippen LogP contribution is -2.51. The summed E-state index contributed by atoms with van der Waals surface area (Å²) < 4.78 is 0. The lowest BCUT2D eigenvalue weighted by atomic mass is 10.0.